The summed E-state index contributed by atoms with van der Waals surface area (Å²) in [5.74, 6) is 0. The van der Waals surface area contributed by atoms with Gasteiger partial charge in [-0.15, -0.1) is 5.16 Å². The average Bonchev–Trinajstić information content (AvgIpc) is 2.27. The van der Waals surface area contributed by atoms with Crippen LogP contribution in [0.1, 0.15) is 39.5 Å². The molecule has 0 aliphatic rings. The molecule has 0 rings (SSSR count). The monoisotopic (exact) mass is 251 g/mol. The molecule has 96 valence electrons. The third-order valence-corrected chi connectivity index (χ3v) is 3.72. The highest BCUT2D eigenvalue weighted by molar-refractivity contribution is 7.54. The molecule has 0 spiro atoms. The predicted molar refractivity (Wildman–Crippen MR) is 64.5 cm³/mol. The van der Waals surface area contributed by atoms with E-state index >= 15 is 0 Å². The highest BCUT2D eigenvalue weighted by Gasteiger charge is 2.22. The van der Waals surface area contributed by atoms with Gasteiger partial charge >= 0.3 is 7.60 Å². The number of unbranched alkanes of at least 4 members (excludes halogenated alkanes) is 2. The van der Waals surface area contributed by atoms with Gasteiger partial charge in [0.1, 0.15) is 0 Å². The highest BCUT2D eigenvalue weighted by Crippen LogP contribution is 2.47. The summed E-state index contributed by atoms with van der Waals surface area (Å²) < 4.78 is 22.6. The minimum atomic E-state index is -3.10. The van der Waals surface area contributed by atoms with E-state index in [9.17, 15) is 4.57 Å². The van der Waals surface area contributed by atoms with Gasteiger partial charge in [-0.1, -0.05) is 26.7 Å². The largest absolute Gasteiger partial charge is 0.411 e. The van der Waals surface area contributed by atoms with Crippen molar-refractivity contribution in [1.29, 1.82) is 0 Å². The molecule has 6 heteroatoms. The zero-order valence-electron chi connectivity index (χ0n) is 10.1. The lowest BCUT2D eigenvalue weighted by Gasteiger charge is -2.16. The molecule has 0 saturated carbocycles. The van der Waals surface area contributed by atoms with Crippen LogP contribution in [0.3, 0.4) is 0 Å². The molecule has 16 heavy (non-hydrogen) atoms. The van der Waals surface area contributed by atoms with Crippen LogP contribution in [0.15, 0.2) is 5.16 Å². The van der Waals surface area contributed by atoms with E-state index in [-0.39, 0.29) is 6.16 Å². The molecule has 0 unspecified atom stereocenters. The molecule has 0 heterocycles. The van der Waals surface area contributed by atoms with Crippen LogP contribution in [0.25, 0.3) is 0 Å². The van der Waals surface area contributed by atoms with E-state index < -0.39 is 7.60 Å². The minimum Gasteiger partial charge on any atom is -0.411 e. The van der Waals surface area contributed by atoms with Crippen molar-refractivity contribution in [2.45, 2.75) is 39.5 Å². The van der Waals surface area contributed by atoms with Crippen molar-refractivity contribution in [3.63, 3.8) is 0 Å². The molecular weight excluding hydrogens is 229 g/mol. The number of nitrogens with zero attached hydrogens (tertiary/aromatic N) is 1. The summed E-state index contributed by atoms with van der Waals surface area (Å²) in [6.07, 6.45) is 4.82. The van der Waals surface area contributed by atoms with Gasteiger partial charge in [0.15, 0.2) is 0 Å². The van der Waals surface area contributed by atoms with Crippen LogP contribution in [0, 0.1) is 0 Å². The first-order valence-corrected chi connectivity index (χ1v) is 7.45. The smallest absolute Gasteiger partial charge is 0.336 e. The standard InChI is InChI=1S/C10H22NO4P/c1-3-5-8-14-16(13,10-7-11-12)15-9-6-4-2/h7,12H,3-6,8-10H2,1-2H3. The van der Waals surface area contributed by atoms with Crippen molar-refractivity contribution < 1.29 is 18.8 Å². The van der Waals surface area contributed by atoms with Gasteiger partial charge in [0.25, 0.3) is 0 Å². The number of rotatable bonds is 10. The van der Waals surface area contributed by atoms with Crippen molar-refractivity contribution in [1.82, 2.24) is 0 Å². The normalized spacial score (nSPS) is 12.4. The summed E-state index contributed by atoms with van der Waals surface area (Å²) in [5, 5.41) is 11.1. The lowest BCUT2D eigenvalue weighted by Crippen LogP contribution is -2.03. The van der Waals surface area contributed by atoms with E-state index in [0.29, 0.717) is 13.2 Å². The molecule has 0 amide bonds. The Morgan fingerprint density at radius 1 is 1.19 bits per heavy atom. The van der Waals surface area contributed by atoms with Gasteiger partial charge in [-0.2, -0.15) is 0 Å². The van der Waals surface area contributed by atoms with Gasteiger partial charge in [0.05, 0.1) is 25.6 Å². The van der Waals surface area contributed by atoms with E-state index in [0.717, 1.165) is 31.9 Å². The van der Waals surface area contributed by atoms with Crippen molar-refractivity contribution >= 4 is 13.8 Å². The second-order valence-corrected chi connectivity index (χ2v) is 5.57. The van der Waals surface area contributed by atoms with Crippen molar-refractivity contribution in [3.05, 3.63) is 0 Å². The third-order valence-electron chi connectivity index (χ3n) is 1.96. The lowest BCUT2D eigenvalue weighted by molar-refractivity contribution is 0.202. The molecule has 5 nitrogen and oxygen atoms in total. The summed E-state index contributed by atoms with van der Waals surface area (Å²) in [7, 11) is -3.10. The Kier molecular flexibility index (Phi) is 9.59. The van der Waals surface area contributed by atoms with E-state index in [1.54, 1.807) is 0 Å². The van der Waals surface area contributed by atoms with Gasteiger partial charge in [0, 0.05) is 0 Å². The molecule has 0 aromatic heterocycles. The molecule has 1 N–H and O–H groups in total. The van der Waals surface area contributed by atoms with E-state index in [4.69, 9.17) is 14.3 Å². The molecule has 0 aliphatic carbocycles. The number of oxime groups is 1. The third kappa shape index (κ3) is 7.85. The Morgan fingerprint density at radius 2 is 1.69 bits per heavy atom. The molecule has 0 atom stereocenters. The van der Waals surface area contributed by atoms with Crippen LogP contribution in [0.4, 0.5) is 0 Å². The van der Waals surface area contributed by atoms with Crippen molar-refractivity contribution in [2.24, 2.45) is 5.16 Å². The van der Waals surface area contributed by atoms with Crippen molar-refractivity contribution in [2.75, 3.05) is 19.4 Å². The van der Waals surface area contributed by atoms with Gasteiger partial charge in [-0.25, -0.2) is 0 Å². The SMILES string of the molecule is CCCCOP(=O)(CC=NO)OCCCC. The fourth-order valence-corrected chi connectivity index (χ4v) is 2.35. The molecule has 0 radical (unpaired) electrons. The second-order valence-electron chi connectivity index (χ2n) is 3.47. The maximum absolute atomic E-state index is 12.1. The Labute approximate surface area is 97.4 Å². The Hall–Kier alpha value is -0.380. The van der Waals surface area contributed by atoms with Crippen LogP contribution in [-0.2, 0) is 13.6 Å². The molecule has 0 bridgehead atoms. The first kappa shape index (κ1) is 15.6. The fourth-order valence-electron chi connectivity index (χ4n) is 0.975. The maximum atomic E-state index is 12.1. The Balaban J connectivity index is 4.07. The van der Waals surface area contributed by atoms with Crippen LogP contribution in [0.2, 0.25) is 0 Å². The van der Waals surface area contributed by atoms with Crippen LogP contribution in [0.5, 0.6) is 0 Å². The Bertz CT molecular complexity index is 219. The van der Waals surface area contributed by atoms with Gasteiger partial charge < -0.3 is 14.3 Å². The summed E-state index contributed by atoms with van der Waals surface area (Å²) in [5.41, 5.74) is 0. The van der Waals surface area contributed by atoms with E-state index in [1.807, 2.05) is 13.8 Å². The zero-order valence-corrected chi connectivity index (χ0v) is 11.0. The van der Waals surface area contributed by atoms with E-state index in [1.165, 1.54) is 0 Å². The van der Waals surface area contributed by atoms with Crippen LogP contribution >= 0.6 is 7.60 Å². The first-order valence-electron chi connectivity index (χ1n) is 5.72. The first-order chi connectivity index (χ1) is 7.68. The molecule has 0 saturated heterocycles. The topological polar surface area (TPSA) is 68.1 Å². The van der Waals surface area contributed by atoms with Gasteiger partial charge in [-0.3, -0.25) is 4.57 Å². The van der Waals surface area contributed by atoms with Crippen LogP contribution in [-0.4, -0.2) is 30.8 Å². The van der Waals surface area contributed by atoms with Crippen molar-refractivity contribution in [3.8, 4) is 0 Å². The molecular formula is C10H22NO4P. The van der Waals surface area contributed by atoms with Gasteiger partial charge in [0.2, 0.25) is 0 Å². The number of hydrogen-bond acceptors (Lipinski definition) is 5. The molecule has 0 aromatic carbocycles. The summed E-state index contributed by atoms with van der Waals surface area (Å²) in [4.78, 5) is 0. The maximum Gasteiger partial charge on any atom is 0.336 e. The van der Waals surface area contributed by atoms with Crippen LogP contribution < -0.4 is 0 Å². The lowest BCUT2D eigenvalue weighted by atomic mass is 10.4. The number of hydrogen-bond donors (Lipinski definition) is 1. The molecule has 0 aromatic rings. The molecule has 0 fully saturated rings. The van der Waals surface area contributed by atoms with Gasteiger partial charge in [-0.05, 0) is 12.8 Å². The summed E-state index contributed by atoms with van der Waals surface area (Å²) >= 11 is 0. The van der Waals surface area contributed by atoms with E-state index in [2.05, 4.69) is 5.16 Å². The summed E-state index contributed by atoms with van der Waals surface area (Å²) in [6.45, 7) is 4.89. The second kappa shape index (κ2) is 9.82. The Morgan fingerprint density at radius 3 is 2.06 bits per heavy atom. The summed E-state index contributed by atoms with van der Waals surface area (Å²) in [6, 6.07) is 0. The minimum absolute atomic E-state index is 0.0247. The fraction of sp³-hybridized carbons (Fsp3) is 0.900. The molecule has 0 aliphatic heterocycles. The average molecular weight is 251 g/mol. The predicted octanol–water partition coefficient (Wildman–Crippen LogP) is 3.27. The highest BCUT2D eigenvalue weighted by atomic mass is 31.2. The zero-order chi connectivity index (χ0) is 12.3. The quantitative estimate of drug-likeness (QED) is 0.213.